The van der Waals surface area contributed by atoms with Crippen LogP contribution in [0, 0.1) is 0 Å². The molecule has 2 aromatic carbocycles. The lowest BCUT2D eigenvalue weighted by Gasteiger charge is -2.15. The van der Waals surface area contributed by atoms with Crippen molar-refractivity contribution in [2.45, 2.75) is 0 Å². The summed E-state index contributed by atoms with van der Waals surface area (Å²) in [5.74, 6) is 1.05. The summed E-state index contributed by atoms with van der Waals surface area (Å²) >= 11 is 11.9. The molecule has 0 unspecified atom stereocenters. The molecule has 0 heterocycles. The van der Waals surface area contributed by atoms with Gasteiger partial charge >= 0.3 is 6.03 Å². The van der Waals surface area contributed by atoms with Crippen LogP contribution in [0.15, 0.2) is 42.5 Å². The molecule has 0 radical (unpaired) electrons. The van der Waals surface area contributed by atoms with Gasteiger partial charge in [0.2, 0.25) is 0 Å². The lowest BCUT2D eigenvalue weighted by Crippen LogP contribution is -2.30. The monoisotopic (exact) mass is 340 g/mol. The van der Waals surface area contributed by atoms with Crippen LogP contribution in [-0.4, -0.2) is 25.3 Å². The van der Waals surface area contributed by atoms with Crippen molar-refractivity contribution in [3.05, 3.63) is 52.5 Å². The van der Waals surface area contributed by atoms with Crippen LogP contribution in [0.3, 0.4) is 0 Å². The Morgan fingerprint density at radius 2 is 1.77 bits per heavy atom. The Hall–Kier alpha value is -1.95. The molecule has 7 heteroatoms. The van der Waals surface area contributed by atoms with Gasteiger partial charge in [-0.25, -0.2) is 9.86 Å². The summed E-state index contributed by atoms with van der Waals surface area (Å²) in [6.45, 7) is 0. The molecule has 0 saturated heterocycles. The largest absolute Gasteiger partial charge is 0.457 e. The first kappa shape index (κ1) is 16.4. The molecule has 0 aliphatic heterocycles. The highest BCUT2D eigenvalue weighted by Gasteiger charge is 2.08. The summed E-state index contributed by atoms with van der Waals surface area (Å²) in [5.41, 5.74) is 0.569. The molecule has 2 rings (SSSR count). The number of anilines is 1. The number of nitrogens with zero attached hydrogens (tertiary/aromatic N) is 1. The van der Waals surface area contributed by atoms with Gasteiger partial charge in [-0.1, -0.05) is 29.3 Å². The number of hydroxylamine groups is 2. The summed E-state index contributed by atoms with van der Waals surface area (Å²) in [6.07, 6.45) is 0. The highest BCUT2D eigenvalue weighted by molar-refractivity contribution is 6.34. The second-order valence-corrected chi connectivity index (χ2v) is 5.22. The molecule has 2 aromatic rings. The fourth-order valence-corrected chi connectivity index (χ4v) is 2.15. The predicted octanol–water partition coefficient (Wildman–Crippen LogP) is 4.81. The van der Waals surface area contributed by atoms with Crippen LogP contribution >= 0.6 is 23.2 Å². The number of hydrogen-bond donors (Lipinski definition) is 1. The summed E-state index contributed by atoms with van der Waals surface area (Å²) in [5, 5.41) is 4.71. The normalized spacial score (nSPS) is 10.2. The number of hydrogen-bond acceptors (Lipinski definition) is 3. The quantitative estimate of drug-likeness (QED) is 0.812. The van der Waals surface area contributed by atoms with Crippen molar-refractivity contribution < 1.29 is 14.4 Å². The Kier molecular flexibility index (Phi) is 5.49. The van der Waals surface area contributed by atoms with E-state index in [1.165, 1.54) is 14.2 Å². The van der Waals surface area contributed by atoms with Crippen LogP contribution in [0.5, 0.6) is 11.5 Å². The summed E-state index contributed by atoms with van der Waals surface area (Å²) in [4.78, 5) is 16.5. The van der Waals surface area contributed by atoms with Gasteiger partial charge in [0.25, 0.3) is 0 Å². The van der Waals surface area contributed by atoms with E-state index in [0.717, 1.165) is 5.06 Å². The Bertz CT molecular complexity index is 659. The van der Waals surface area contributed by atoms with Crippen molar-refractivity contribution in [2.75, 3.05) is 19.5 Å². The maximum Gasteiger partial charge on any atom is 0.345 e. The van der Waals surface area contributed by atoms with Gasteiger partial charge in [0, 0.05) is 28.8 Å². The number of halogens is 2. The number of carbonyl (C=O) groups excluding carboxylic acids is 1. The maximum absolute atomic E-state index is 11.7. The fraction of sp³-hybridized carbons (Fsp3) is 0.133. The van der Waals surface area contributed by atoms with E-state index in [9.17, 15) is 4.79 Å². The van der Waals surface area contributed by atoms with E-state index < -0.39 is 6.03 Å². The lowest BCUT2D eigenvalue weighted by atomic mass is 10.3. The molecule has 0 saturated carbocycles. The molecule has 0 bridgehead atoms. The van der Waals surface area contributed by atoms with Gasteiger partial charge in [-0.2, -0.15) is 0 Å². The first-order valence-corrected chi connectivity index (χ1v) is 7.06. The second-order valence-electron chi connectivity index (χ2n) is 4.35. The van der Waals surface area contributed by atoms with Crippen molar-refractivity contribution in [3.8, 4) is 11.5 Å². The number of ether oxygens (including phenoxy) is 1. The zero-order valence-corrected chi connectivity index (χ0v) is 13.5. The van der Waals surface area contributed by atoms with Gasteiger partial charge in [-0.3, -0.25) is 4.84 Å². The van der Waals surface area contributed by atoms with Gasteiger partial charge in [0.1, 0.15) is 11.5 Å². The van der Waals surface area contributed by atoms with Crippen molar-refractivity contribution in [2.24, 2.45) is 0 Å². The van der Waals surface area contributed by atoms with E-state index in [1.807, 2.05) is 0 Å². The average molecular weight is 341 g/mol. The van der Waals surface area contributed by atoms with Gasteiger partial charge in [-0.15, -0.1) is 0 Å². The molecule has 0 aliphatic rings. The SMILES string of the molecule is CON(C)C(=O)Nc1cccc(Oc2cc(Cl)cc(Cl)c2)c1. The highest BCUT2D eigenvalue weighted by Crippen LogP contribution is 2.29. The first-order chi connectivity index (χ1) is 10.5. The van der Waals surface area contributed by atoms with Gasteiger partial charge in [0.05, 0.1) is 7.11 Å². The minimum atomic E-state index is -0.398. The molecule has 0 atom stereocenters. The molecule has 0 fully saturated rings. The van der Waals surface area contributed by atoms with Crippen LogP contribution in [0.4, 0.5) is 10.5 Å². The number of carbonyl (C=O) groups is 1. The molecule has 22 heavy (non-hydrogen) atoms. The fourth-order valence-electron chi connectivity index (χ4n) is 1.65. The Morgan fingerprint density at radius 1 is 1.09 bits per heavy atom. The number of urea groups is 1. The summed E-state index contributed by atoms with van der Waals surface area (Å²) in [7, 11) is 2.91. The molecule has 116 valence electrons. The molecule has 1 N–H and O–H groups in total. The molecule has 0 aliphatic carbocycles. The number of amides is 2. The topological polar surface area (TPSA) is 50.8 Å². The van der Waals surface area contributed by atoms with Crippen LogP contribution in [0.1, 0.15) is 0 Å². The van der Waals surface area contributed by atoms with Gasteiger partial charge in [0.15, 0.2) is 0 Å². The van der Waals surface area contributed by atoms with Crippen LogP contribution in [-0.2, 0) is 4.84 Å². The van der Waals surface area contributed by atoms with Crippen LogP contribution < -0.4 is 10.1 Å². The van der Waals surface area contributed by atoms with E-state index in [-0.39, 0.29) is 0 Å². The predicted molar refractivity (Wildman–Crippen MR) is 86.8 cm³/mol. The third-order valence-electron chi connectivity index (χ3n) is 2.72. The molecule has 0 aromatic heterocycles. The molecular weight excluding hydrogens is 327 g/mol. The van der Waals surface area contributed by atoms with E-state index in [4.69, 9.17) is 32.8 Å². The van der Waals surface area contributed by atoms with E-state index in [2.05, 4.69) is 5.32 Å². The molecule has 0 spiro atoms. The average Bonchev–Trinajstić information content (AvgIpc) is 2.45. The third-order valence-corrected chi connectivity index (χ3v) is 3.15. The second kappa shape index (κ2) is 7.35. The van der Waals surface area contributed by atoms with Crippen molar-refractivity contribution >= 4 is 34.9 Å². The highest BCUT2D eigenvalue weighted by atomic mass is 35.5. The molecular formula is C15H14Cl2N2O3. The first-order valence-electron chi connectivity index (χ1n) is 6.31. The number of nitrogens with one attached hydrogen (secondary N) is 1. The minimum absolute atomic E-state index is 0.398. The zero-order valence-electron chi connectivity index (χ0n) is 12.0. The lowest BCUT2D eigenvalue weighted by molar-refractivity contribution is -0.0598. The number of benzene rings is 2. The van der Waals surface area contributed by atoms with E-state index in [1.54, 1.807) is 42.5 Å². The third kappa shape index (κ3) is 4.53. The smallest absolute Gasteiger partial charge is 0.345 e. The number of rotatable bonds is 4. The minimum Gasteiger partial charge on any atom is -0.457 e. The van der Waals surface area contributed by atoms with Crippen molar-refractivity contribution in [3.63, 3.8) is 0 Å². The maximum atomic E-state index is 11.7. The van der Waals surface area contributed by atoms with Crippen molar-refractivity contribution in [1.29, 1.82) is 0 Å². The van der Waals surface area contributed by atoms with E-state index in [0.29, 0.717) is 27.2 Å². The Morgan fingerprint density at radius 3 is 2.41 bits per heavy atom. The Balaban J connectivity index is 2.13. The van der Waals surface area contributed by atoms with Crippen LogP contribution in [0.2, 0.25) is 10.0 Å². The Labute approximate surface area is 138 Å². The zero-order chi connectivity index (χ0) is 16.1. The van der Waals surface area contributed by atoms with Gasteiger partial charge < -0.3 is 10.1 Å². The van der Waals surface area contributed by atoms with Gasteiger partial charge in [-0.05, 0) is 30.3 Å². The summed E-state index contributed by atoms with van der Waals surface area (Å²) in [6, 6.07) is 11.4. The van der Waals surface area contributed by atoms with Crippen LogP contribution in [0.25, 0.3) is 0 Å². The summed E-state index contributed by atoms with van der Waals surface area (Å²) < 4.78 is 5.68. The van der Waals surface area contributed by atoms with Crippen molar-refractivity contribution in [1.82, 2.24) is 5.06 Å². The van der Waals surface area contributed by atoms with E-state index >= 15 is 0 Å². The molecule has 2 amide bonds. The molecule has 5 nitrogen and oxygen atoms in total. The standard InChI is InChI=1S/C15H14Cl2N2O3/c1-19(21-2)15(20)18-12-4-3-5-13(9-12)22-14-7-10(16)6-11(17)8-14/h3-9H,1-2H3,(H,18,20).